The fraction of sp³-hybridized carbons (Fsp3) is 0.231. The highest BCUT2D eigenvalue weighted by Crippen LogP contribution is 2.29. The van der Waals surface area contributed by atoms with Crippen molar-refractivity contribution in [2.45, 2.75) is 33.0 Å². The Morgan fingerprint density at radius 1 is 1.06 bits per heavy atom. The molecule has 2 aromatic heterocycles. The van der Waals surface area contributed by atoms with Crippen LogP contribution in [0.2, 0.25) is 0 Å². The number of carbonyl (C=O) groups is 2. The van der Waals surface area contributed by atoms with E-state index in [0.717, 1.165) is 5.39 Å². The number of esters is 1. The van der Waals surface area contributed by atoms with E-state index in [1.165, 1.54) is 23.8 Å². The molecule has 0 aliphatic carbocycles. The summed E-state index contributed by atoms with van der Waals surface area (Å²) < 4.78 is 17.4. The van der Waals surface area contributed by atoms with Gasteiger partial charge >= 0.3 is 12.1 Å². The van der Waals surface area contributed by atoms with Crippen molar-refractivity contribution < 1.29 is 28.9 Å². The fourth-order valence-corrected chi connectivity index (χ4v) is 3.43. The number of rotatable bonds is 5. The number of carbonyl (C=O) groups excluding carboxylic acids is 2. The number of nitrogens with zero attached hydrogens (tertiary/aromatic N) is 3. The van der Waals surface area contributed by atoms with E-state index in [4.69, 9.17) is 9.47 Å². The standard InChI is InChI=1S/C26H25N3O6/c1-26(2,3)35-25(32)29-14-20(18-7-5-6-8-21(18)29)23-27-12-16(13-28-23)15-34-17-9-10-22(30)19(11-17)24(31)33-4/h5-14,30H,15H2,1-4H3. The number of para-hydroxylation sites is 1. The molecule has 2 heterocycles. The van der Waals surface area contributed by atoms with Gasteiger partial charge < -0.3 is 19.3 Å². The molecule has 35 heavy (non-hydrogen) atoms. The van der Waals surface area contributed by atoms with E-state index in [-0.39, 0.29) is 17.9 Å². The highest BCUT2D eigenvalue weighted by molar-refractivity contribution is 5.99. The lowest BCUT2D eigenvalue weighted by molar-refractivity contribution is 0.0542. The van der Waals surface area contributed by atoms with Crippen LogP contribution in [0.25, 0.3) is 22.3 Å². The first-order valence-corrected chi connectivity index (χ1v) is 10.8. The monoisotopic (exact) mass is 475 g/mol. The summed E-state index contributed by atoms with van der Waals surface area (Å²) in [6.07, 6.45) is 4.45. The van der Waals surface area contributed by atoms with Crippen molar-refractivity contribution in [3.05, 3.63) is 72.2 Å². The molecule has 0 unspecified atom stereocenters. The summed E-state index contributed by atoms with van der Waals surface area (Å²) in [6, 6.07) is 11.8. The van der Waals surface area contributed by atoms with Gasteiger partial charge in [0.2, 0.25) is 0 Å². The number of hydrogen-bond donors (Lipinski definition) is 1. The van der Waals surface area contributed by atoms with Gasteiger partial charge in [0.25, 0.3) is 0 Å². The minimum absolute atomic E-state index is 0.0120. The Hall–Kier alpha value is -4.40. The number of aromatic nitrogens is 3. The summed E-state index contributed by atoms with van der Waals surface area (Å²) >= 11 is 0. The van der Waals surface area contributed by atoms with Gasteiger partial charge in [-0.25, -0.2) is 19.6 Å². The van der Waals surface area contributed by atoms with Crippen molar-refractivity contribution in [1.82, 2.24) is 14.5 Å². The predicted molar refractivity (Wildman–Crippen MR) is 128 cm³/mol. The van der Waals surface area contributed by atoms with Crippen molar-refractivity contribution in [2.24, 2.45) is 0 Å². The molecule has 0 aliphatic rings. The Morgan fingerprint density at radius 2 is 1.77 bits per heavy atom. The van der Waals surface area contributed by atoms with E-state index in [0.29, 0.717) is 28.2 Å². The minimum Gasteiger partial charge on any atom is -0.507 e. The van der Waals surface area contributed by atoms with Gasteiger partial charge in [-0.05, 0) is 45.0 Å². The lowest BCUT2D eigenvalue weighted by atomic mass is 10.1. The molecule has 0 saturated carbocycles. The highest BCUT2D eigenvalue weighted by Gasteiger charge is 2.22. The summed E-state index contributed by atoms with van der Waals surface area (Å²) in [6.45, 7) is 5.59. The smallest absolute Gasteiger partial charge is 0.419 e. The number of aromatic hydroxyl groups is 1. The number of hydrogen-bond acceptors (Lipinski definition) is 8. The van der Waals surface area contributed by atoms with E-state index >= 15 is 0 Å². The predicted octanol–water partition coefficient (Wildman–Crippen LogP) is 4.95. The quantitative estimate of drug-likeness (QED) is 0.403. The van der Waals surface area contributed by atoms with Crippen molar-refractivity contribution in [3.63, 3.8) is 0 Å². The molecule has 2 aromatic carbocycles. The van der Waals surface area contributed by atoms with Gasteiger partial charge in [-0.2, -0.15) is 0 Å². The Labute approximate surface area is 201 Å². The van der Waals surface area contributed by atoms with E-state index in [9.17, 15) is 14.7 Å². The Bertz CT molecular complexity index is 1390. The zero-order valence-electron chi connectivity index (χ0n) is 19.8. The summed E-state index contributed by atoms with van der Waals surface area (Å²) in [5.74, 6) is -0.0220. The third-order valence-electron chi connectivity index (χ3n) is 5.03. The van der Waals surface area contributed by atoms with Crippen LogP contribution in [0.3, 0.4) is 0 Å². The number of benzene rings is 2. The average Bonchev–Trinajstić information content (AvgIpc) is 3.22. The highest BCUT2D eigenvalue weighted by atomic mass is 16.6. The van der Waals surface area contributed by atoms with Gasteiger partial charge in [-0.15, -0.1) is 0 Å². The molecule has 0 spiro atoms. The Morgan fingerprint density at radius 3 is 2.46 bits per heavy atom. The lowest BCUT2D eigenvalue weighted by Gasteiger charge is -2.19. The topological polar surface area (TPSA) is 113 Å². The molecule has 9 nitrogen and oxygen atoms in total. The molecular weight excluding hydrogens is 450 g/mol. The van der Waals surface area contributed by atoms with Crippen LogP contribution in [0.1, 0.15) is 36.7 Å². The van der Waals surface area contributed by atoms with Crippen LogP contribution >= 0.6 is 0 Å². The number of phenolic OH excluding ortho intramolecular Hbond substituents is 1. The molecule has 0 amide bonds. The summed E-state index contributed by atoms with van der Waals surface area (Å²) in [5.41, 5.74) is 1.47. The first kappa shape index (κ1) is 23.7. The summed E-state index contributed by atoms with van der Waals surface area (Å²) in [5, 5.41) is 10.6. The molecule has 0 atom stereocenters. The molecule has 9 heteroatoms. The maximum atomic E-state index is 12.7. The first-order valence-electron chi connectivity index (χ1n) is 10.8. The normalized spacial score (nSPS) is 11.3. The molecule has 4 rings (SSSR count). The number of phenols is 1. The molecule has 1 N–H and O–H groups in total. The second-order valence-electron chi connectivity index (χ2n) is 8.78. The molecule has 4 aromatic rings. The van der Waals surface area contributed by atoms with Gasteiger partial charge in [-0.3, -0.25) is 4.57 Å². The van der Waals surface area contributed by atoms with E-state index in [1.54, 1.807) is 24.7 Å². The molecular formula is C26H25N3O6. The molecule has 180 valence electrons. The van der Waals surface area contributed by atoms with Gasteiger partial charge in [0.05, 0.1) is 12.6 Å². The SMILES string of the molecule is COC(=O)c1cc(OCc2cnc(-c3cn(C(=O)OC(C)(C)C)c4ccccc34)nc2)ccc1O. The van der Waals surface area contributed by atoms with Crippen molar-refractivity contribution in [3.8, 4) is 22.9 Å². The van der Waals surface area contributed by atoms with E-state index in [2.05, 4.69) is 14.7 Å². The van der Waals surface area contributed by atoms with Crippen molar-refractivity contribution >= 4 is 23.0 Å². The zero-order chi connectivity index (χ0) is 25.2. The number of ether oxygens (including phenoxy) is 3. The maximum absolute atomic E-state index is 12.7. The van der Waals surface area contributed by atoms with Crippen LogP contribution in [-0.2, 0) is 16.1 Å². The average molecular weight is 476 g/mol. The molecule has 0 radical (unpaired) electrons. The van der Waals surface area contributed by atoms with Gasteiger partial charge in [-0.1, -0.05) is 18.2 Å². The van der Waals surface area contributed by atoms with Crippen LogP contribution in [-0.4, -0.2) is 44.4 Å². The number of methoxy groups -OCH3 is 1. The lowest BCUT2D eigenvalue weighted by Crippen LogP contribution is -2.26. The zero-order valence-corrected chi connectivity index (χ0v) is 19.8. The fourth-order valence-electron chi connectivity index (χ4n) is 3.43. The van der Waals surface area contributed by atoms with Crippen LogP contribution in [0.15, 0.2) is 61.1 Å². The van der Waals surface area contributed by atoms with Gasteiger partial charge in [0.1, 0.15) is 29.3 Å². The van der Waals surface area contributed by atoms with Gasteiger partial charge in [0.15, 0.2) is 5.82 Å². The van der Waals surface area contributed by atoms with Crippen LogP contribution < -0.4 is 4.74 Å². The number of fused-ring (bicyclic) bond motifs is 1. The second kappa shape index (κ2) is 9.46. The van der Waals surface area contributed by atoms with Gasteiger partial charge in [0, 0.05) is 35.1 Å². The van der Waals surface area contributed by atoms with Crippen LogP contribution in [0.5, 0.6) is 11.5 Å². The minimum atomic E-state index is -0.661. The molecule has 0 aliphatic heterocycles. The Balaban J connectivity index is 1.55. The third kappa shape index (κ3) is 5.24. The molecule has 0 saturated heterocycles. The molecule has 0 fully saturated rings. The van der Waals surface area contributed by atoms with Crippen molar-refractivity contribution in [1.29, 1.82) is 0 Å². The first-order chi connectivity index (χ1) is 16.7. The largest absolute Gasteiger partial charge is 0.507 e. The third-order valence-corrected chi connectivity index (χ3v) is 5.03. The molecule has 0 bridgehead atoms. The van der Waals surface area contributed by atoms with E-state index in [1.807, 2.05) is 45.0 Å². The van der Waals surface area contributed by atoms with Crippen LogP contribution in [0.4, 0.5) is 4.79 Å². The van der Waals surface area contributed by atoms with Crippen molar-refractivity contribution in [2.75, 3.05) is 7.11 Å². The van der Waals surface area contributed by atoms with Crippen LogP contribution in [0, 0.1) is 0 Å². The Kier molecular flexibility index (Phi) is 6.42. The summed E-state index contributed by atoms with van der Waals surface area (Å²) in [7, 11) is 1.24. The second-order valence-corrected chi connectivity index (χ2v) is 8.78. The van der Waals surface area contributed by atoms with E-state index < -0.39 is 17.7 Å². The summed E-state index contributed by atoms with van der Waals surface area (Å²) in [4.78, 5) is 33.4. The maximum Gasteiger partial charge on any atom is 0.419 e.